The molecule has 3 N–H and O–H groups in total. The molecule has 0 spiro atoms. The topological polar surface area (TPSA) is 99.4 Å². The Bertz CT molecular complexity index is 996. The highest BCUT2D eigenvalue weighted by Gasteiger charge is 2.25. The fourth-order valence-corrected chi connectivity index (χ4v) is 4.17. The van der Waals surface area contributed by atoms with Gasteiger partial charge in [-0.2, -0.15) is 0 Å². The Balaban J connectivity index is 2.06. The normalized spacial score (nSPS) is 10.8. The molecule has 0 bridgehead atoms. The summed E-state index contributed by atoms with van der Waals surface area (Å²) in [5, 5.41) is 4.43. The Kier molecular flexibility index (Phi) is 5.69. The van der Waals surface area contributed by atoms with Gasteiger partial charge in [0.2, 0.25) is 0 Å². The van der Waals surface area contributed by atoms with Crippen molar-refractivity contribution < 1.29 is 14.3 Å². The fraction of sp³-hybridized carbons (Fsp3) is 0.133. The van der Waals surface area contributed by atoms with Gasteiger partial charge < -0.3 is 14.8 Å². The van der Waals surface area contributed by atoms with E-state index >= 15 is 0 Å². The van der Waals surface area contributed by atoms with E-state index in [4.69, 9.17) is 50.0 Å². The number of ether oxygens (including phenoxy) is 2. The molecule has 2 heterocycles. The average molecular weight is 434 g/mol. The first-order valence-corrected chi connectivity index (χ1v) is 9.06. The lowest BCUT2D eigenvalue weighted by Crippen LogP contribution is -2.14. The van der Waals surface area contributed by atoms with Gasteiger partial charge in [-0.25, -0.2) is 9.97 Å². The van der Waals surface area contributed by atoms with E-state index in [2.05, 4.69) is 15.3 Å². The number of amides is 1. The van der Waals surface area contributed by atoms with Crippen LogP contribution in [-0.2, 0) is 0 Å². The first-order chi connectivity index (χ1) is 12.5. The number of anilines is 1. The van der Waals surface area contributed by atoms with Gasteiger partial charge in [0.15, 0.2) is 11.5 Å². The summed E-state index contributed by atoms with van der Waals surface area (Å²) in [5.74, 6) is -0.291. The molecule has 3 rings (SSSR count). The number of carbonyl (C=O) groups is 1. The first kappa shape index (κ1) is 18.9. The zero-order valence-corrected chi connectivity index (χ0v) is 16.3. The summed E-state index contributed by atoms with van der Waals surface area (Å²) in [6.07, 6.45) is 2.99. The molecule has 0 radical (unpaired) electrons. The largest absolute Gasteiger partial charge is 0.493 e. The lowest BCUT2D eigenvalue weighted by atomic mass is 10.2. The smallest absolute Gasteiger partial charge is 0.258 e. The molecular weight excluding hydrogens is 423 g/mol. The van der Waals surface area contributed by atoms with Gasteiger partial charge >= 0.3 is 0 Å². The van der Waals surface area contributed by atoms with Crippen LogP contribution in [0.1, 0.15) is 10.4 Å². The molecule has 0 aliphatic heterocycles. The van der Waals surface area contributed by atoms with Gasteiger partial charge in [0, 0.05) is 11.6 Å². The monoisotopic (exact) mass is 432 g/mol. The van der Waals surface area contributed by atoms with Crippen LogP contribution in [0, 0.1) is 0 Å². The number of aromatic nitrogens is 2. The van der Waals surface area contributed by atoms with E-state index in [0.29, 0.717) is 11.1 Å². The Morgan fingerprint density at radius 2 is 2.00 bits per heavy atom. The third-order valence-electron chi connectivity index (χ3n) is 3.39. The molecule has 0 unspecified atom stereocenters. The molecule has 3 aromatic rings. The van der Waals surface area contributed by atoms with Crippen LogP contribution in [0.5, 0.6) is 11.5 Å². The minimum absolute atomic E-state index is 0.00811. The zero-order valence-electron chi connectivity index (χ0n) is 13.2. The third kappa shape index (κ3) is 3.26. The summed E-state index contributed by atoms with van der Waals surface area (Å²) in [7, 11) is 1.38. The molecule has 7 nitrogen and oxygen atoms in total. The number of nitrogens with two attached hydrogens (primary N) is 1. The second-order valence-electron chi connectivity index (χ2n) is 4.83. The molecule has 26 heavy (non-hydrogen) atoms. The number of nitrogens with zero attached hydrogens (tertiary/aromatic N) is 2. The van der Waals surface area contributed by atoms with E-state index in [-0.39, 0.29) is 39.0 Å². The van der Waals surface area contributed by atoms with Crippen molar-refractivity contribution in [3.05, 3.63) is 38.5 Å². The van der Waals surface area contributed by atoms with Crippen LogP contribution in [0.15, 0.2) is 17.9 Å². The molecule has 136 valence electrons. The van der Waals surface area contributed by atoms with Crippen molar-refractivity contribution in [3.63, 3.8) is 0 Å². The molecular formula is C15H11Cl3N4O3S. The van der Waals surface area contributed by atoms with Crippen LogP contribution in [0.25, 0.3) is 10.2 Å². The number of rotatable bonds is 5. The molecule has 0 saturated carbocycles. The van der Waals surface area contributed by atoms with Crippen molar-refractivity contribution in [2.75, 3.05) is 19.2 Å². The van der Waals surface area contributed by atoms with Gasteiger partial charge in [-0.05, 0) is 0 Å². The molecule has 11 heteroatoms. The van der Waals surface area contributed by atoms with Crippen molar-refractivity contribution in [1.82, 2.24) is 9.97 Å². The van der Waals surface area contributed by atoms with Gasteiger partial charge in [-0.1, -0.05) is 34.8 Å². The van der Waals surface area contributed by atoms with E-state index in [0.717, 1.165) is 4.70 Å². The van der Waals surface area contributed by atoms with Gasteiger partial charge in [0.05, 0.1) is 28.6 Å². The van der Waals surface area contributed by atoms with E-state index < -0.39 is 5.91 Å². The number of hydrogen-bond acceptors (Lipinski definition) is 7. The van der Waals surface area contributed by atoms with Crippen LogP contribution in [0.3, 0.4) is 0 Å². The van der Waals surface area contributed by atoms with E-state index in [1.165, 1.54) is 24.8 Å². The van der Waals surface area contributed by atoms with Gasteiger partial charge in [0.25, 0.3) is 5.91 Å². The number of benzene rings is 1. The summed E-state index contributed by atoms with van der Waals surface area (Å²) < 4.78 is 11.2. The molecule has 0 saturated heterocycles. The molecule has 1 aromatic carbocycles. The van der Waals surface area contributed by atoms with Gasteiger partial charge in [-0.15, -0.1) is 11.3 Å². The lowest BCUT2D eigenvalue weighted by molar-refractivity contribution is 0.102. The van der Waals surface area contributed by atoms with Crippen LogP contribution >= 0.6 is 46.1 Å². The number of halogens is 3. The summed E-state index contributed by atoms with van der Waals surface area (Å²) in [6.45, 7) is -0.177. The minimum atomic E-state index is -0.457. The number of thiophene rings is 1. The highest BCUT2D eigenvalue weighted by molar-refractivity contribution is 7.17. The van der Waals surface area contributed by atoms with Gasteiger partial charge in [0.1, 0.15) is 28.1 Å². The molecule has 0 fully saturated rings. The second-order valence-corrected chi connectivity index (χ2v) is 6.87. The van der Waals surface area contributed by atoms with Crippen molar-refractivity contribution >= 4 is 68.0 Å². The molecule has 1 amide bonds. The zero-order chi connectivity index (χ0) is 18.8. The van der Waals surface area contributed by atoms with Crippen LogP contribution in [0.4, 0.5) is 5.69 Å². The van der Waals surface area contributed by atoms with E-state index in [1.807, 2.05) is 0 Å². The Morgan fingerprint density at radius 3 is 2.69 bits per heavy atom. The van der Waals surface area contributed by atoms with Crippen LogP contribution in [-0.4, -0.2) is 29.7 Å². The number of fused-ring (bicyclic) bond motifs is 1. The van der Waals surface area contributed by atoms with Crippen molar-refractivity contribution in [2.45, 2.75) is 0 Å². The first-order valence-electron chi connectivity index (χ1n) is 7.05. The summed E-state index contributed by atoms with van der Waals surface area (Å²) in [5.41, 5.74) is 6.38. The maximum Gasteiger partial charge on any atom is 0.258 e. The number of hydrogen-bond donors (Lipinski definition) is 2. The molecule has 0 aliphatic rings. The molecule has 2 aromatic heterocycles. The summed E-state index contributed by atoms with van der Waals surface area (Å²) in [4.78, 5) is 20.8. The highest BCUT2D eigenvalue weighted by Crippen LogP contribution is 2.50. The fourth-order valence-electron chi connectivity index (χ4n) is 2.24. The quantitative estimate of drug-likeness (QED) is 0.585. The summed E-state index contributed by atoms with van der Waals surface area (Å²) in [6, 6.07) is 0. The maximum absolute atomic E-state index is 12.7. The Labute approximate surface area is 167 Å². The molecule has 0 aliphatic carbocycles. The third-order valence-corrected chi connectivity index (χ3v) is 5.36. The molecule has 0 atom stereocenters. The Morgan fingerprint density at radius 1 is 1.27 bits per heavy atom. The minimum Gasteiger partial charge on any atom is -0.493 e. The number of carbonyl (C=O) groups excluding carboxylic acids is 1. The van der Waals surface area contributed by atoms with Crippen LogP contribution in [0.2, 0.25) is 15.1 Å². The highest BCUT2D eigenvalue weighted by atomic mass is 35.5. The average Bonchev–Trinajstić information content (AvgIpc) is 3.07. The van der Waals surface area contributed by atoms with Gasteiger partial charge in [-0.3, -0.25) is 10.5 Å². The predicted molar refractivity (Wildman–Crippen MR) is 103 cm³/mol. The second kappa shape index (κ2) is 7.81. The summed E-state index contributed by atoms with van der Waals surface area (Å²) >= 11 is 20.1. The van der Waals surface area contributed by atoms with Crippen molar-refractivity contribution in [1.29, 1.82) is 0 Å². The SMILES string of the molecule is COc1c(Cl)c(NC(=O)c2csc3cncnc23)c(Cl)c(OCN)c1Cl. The maximum atomic E-state index is 12.7. The van der Waals surface area contributed by atoms with Crippen molar-refractivity contribution in [2.24, 2.45) is 5.73 Å². The number of nitrogens with one attached hydrogen (secondary N) is 1. The number of methoxy groups -OCH3 is 1. The predicted octanol–water partition coefficient (Wildman–Crippen LogP) is 4.21. The standard InChI is InChI=1S/C15H11Cl3N4O3S/c1-24-13-8(16)12(9(17)14(10(13)18)25-4-19)22-15(23)6-3-26-7-2-20-5-21-11(6)7/h2-3,5H,4,19H2,1H3,(H,22,23). The van der Waals surface area contributed by atoms with Crippen molar-refractivity contribution in [3.8, 4) is 11.5 Å². The van der Waals surface area contributed by atoms with E-state index in [1.54, 1.807) is 11.6 Å². The van der Waals surface area contributed by atoms with Crippen LogP contribution < -0.4 is 20.5 Å². The van der Waals surface area contributed by atoms with E-state index in [9.17, 15) is 4.79 Å². The Hall–Kier alpha value is -1.84. The lowest BCUT2D eigenvalue weighted by Gasteiger charge is -2.17.